The number of carbonyl (C=O) groups is 1. The molecule has 0 spiro atoms. The van der Waals surface area contributed by atoms with Gasteiger partial charge in [0.25, 0.3) is 0 Å². The maximum absolute atomic E-state index is 12.7. The molecule has 1 aliphatic carbocycles. The number of rotatable bonds is 3. The van der Waals surface area contributed by atoms with E-state index in [9.17, 15) is 4.79 Å². The smallest absolute Gasteiger partial charge is 0.234 e. The third-order valence-corrected chi connectivity index (χ3v) is 3.73. The minimum Gasteiger partial charge on any atom is -0.279 e. The molecule has 1 N–H and O–H groups in total. The second-order valence-electron chi connectivity index (χ2n) is 5.30. The van der Waals surface area contributed by atoms with Crippen LogP contribution < -0.4 is 4.90 Å². The Balaban J connectivity index is 1.82. The van der Waals surface area contributed by atoms with Gasteiger partial charge in [0.1, 0.15) is 0 Å². The van der Waals surface area contributed by atoms with Crippen LogP contribution in [-0.2, 0) is 4.79 Å². The Morgan fingerprint density at radius 1 is 1.19 bits per heavy atom. The molecule has 0 aliphatic heterocycles. The Bertz CT molecular complexity index is 792. The summed E-state index contributed by atoms with van der Waals surface area (Å²) < 4.78 is 0. The maximum Gasteiger partial charge on any atom is 0.234 e. The lowest BCUT2D eigenvalue weighted by Crippen LogP contribution is -2.27. The Morgan fingerprint density at radius 2 is 2.10 bits per heavy atom. The van der Waals surface area contributed by atoms with Gasteiger partial charge in [0.2, 0.25) is 5.91 Å². The van der Waals surface area contributed by atoms with Crippen molar-refractivity contribution in [3.05, 3.63) is 48.9 Å². The van der Waals surface area contributed by atoms with Crippen molar-refractivity contribution >= 4 is 28.2 Å². The SMILES string of the molecule is O=C(C1CC1)N(c1cccnc1)c1ccc2[nH]ncc2c1. The van der Waals surface area contributed by atoms with Crippen molar-refractivity contribution < 1.29 is 4.79 Å². The van der Waals surface area contributed by atoms with Crippen LogP contribution >= 0.6 is 0 Å². The van der Waals surface area contributed by atoms with Gasteiger partial charge in [-0.05, 0) is 43.2 Å². The van der Waals surface area contributed by atoms with Gasteiger partial charge in [0.15, 0.2) is 0 Å². The summed E-state index contributed by atoms with van der Waals surface area (Å²) in [6.07, 6.45) is 7.15. The molecule has 0 saturated heterocycles. The third-order valence-electron chi connectivity index (χ3n) is 3.73. The van der Waals surface area contributed by atoms with Crippen LogP contribution in [0.4, 0.5) is 11.4 Å². The molecule has 1 fully saturated rings. The topological polar surface area (TPSA) is 61.9 Å². The predicted octanol–water partition coefficient (Wildman–Crippen LogP) is 3.03. The van der Waals surface area contributed by atoms with Gasteiger partial charge in [0.05, 0.1) is 23.6 Å². The van der Waals surface area contributed by atoms with E-state index < -0.39 is 0 Å². The Hall–Kier alpha value is -2.69. The van der Waals surface area contributed by atoms with E-state index in [-0.39, 0.29) is 11.8 Å². The maximum atomic E-state index is 12.7. The van der Waals surface area contributed by atoms with Gasteiger partial charge in [-0.2, -0.15) is 5.10 Å². The first-order valence-electron chi connectivity index (χ1n) is 7.00. The number of carbonyl (C=O) groups excluding carboxylic acids is 1. The quantitative estimate of drug-likeness (QED) is 0.801. The van der Waals surface area contributed by atoms with Gasteiger partial charge in [0, 0.05) is 23.2 Å². The lowest BCUT2D eigenvalue weighted by atomic mass is 10.2. The molecule has 1 amide bonds. The summed E-state index contributed by atoms with van der Waals surface area (Å²) in [6.45, 7) is 0. The first-order chi connectivity index (χ1) is 10.3. The molecule has 5 heteroatoms. The van der Waals surface area contributed by atoms with Gasteiger partial charge in [-0.25, -0.2) is 0 Å². The molecule has 0 bridgehead atoms. The van der Waals surface area contributed by atoms with Crippen molar-refractivity contribution in [2.24, 2.45) is 5.92 Å². The predicted molar refractivity (Wildman–Crippen MR) is 80.2 cm³/mol. The molecule has 2 aromatic heterocycles. The highest BCUT2D eigenvalue weighted by molar-refractivity contribution is 6.04. The number of hydrogen-bond acceptors (Lipinski definition) is 3. The van der Waals surface area contributed by atoms with Crippen LogP contribution in [0.2, 0.25) is 0 Å². The molecule has 0 radical (unpaired) electrons. The summed E-state index contributed by atoms with van der Waals surface area (Å²) in [7, 11) is 0. The van der Waals surface area contributed by atoms with Gasteiger partial charge < -0.3 is 0 Å². The minimum absolute atomic E-state index is 0.144. The van der Waals surface area contributed by atoms with Crippen LogP contribution in [0.5, 0.6) is 0 Å². The van der Waals surface area contributed by atoms with Crippen LogP contribution in [0.25, 0.3) is 10.9 Å². The van der Waals surface area contributed by atoms with Crippen molar-refractivity contribution in [2.45, 2.75) is 12.8 Å². The third kappa shape index (κ3) is 2.16. The van der Waals surface area contributed by atoms with Crippen molar-refractivity contribution in [1.29, 1.82) is 0 Å². The summed E-state index contributed by atoms with van der Waals surface area (Å²) in [5, 5.41) is 7.94. The van der Waals surface area contributed by atoms with E-state index in [4.69, 9.17) is 0 Å². The van der Waals surface area contributed by atoms with Gasteiger partial charge in [-0.15, -0.1) is 0 Å². The number of anilines is 2. The first-order valence-corrected chi connectivity index (χ1v) is 7.00. The van der Waals surface area contributed by atoms with E-state index in [1.54, 1.807) is 23.5 Å². The van der Waals surface area contributed by atoms with Crippen LogP contribution in [0, 0.1) is 5.92 Å². The number of aromatic amines is 1. The second kappa shape index (κ2) is 4.70. The number of pyridine rings is 1. The average Bonchev–Trinajstić information content (AvgIpc) is 3.27. The number of nitrogens with zero attached hydrogens (tertiary/aromatic N) is 3. The molecule has 0 unspecified atom stereocenters. The Kier molecular flexibility index (Phi) is 2.70. The van der Waals surface area contributed by atoms with E-state index >= 15 is 0 Å². The highest BCUT2D eigenvalue weighted by Crippen LogP contribution is 2.36. The van der Waals surface area contributed by atoms with Gasteiger partial charge in [-0.1, -0.05) is 0 Å². The minimum atomic E-state index is 0.144. The summed E-state index contributed by atoms with van der Waals surface area (Å²) in [6, 6.07) is 9.62. The van der Waals surface area contributed by atoms with E-state index in [1.807, 2.05) is 30.3 Å². The molecule has 1 aromatic carbocycles. The highest BCUT2D eigenvalue weighted by atomic mass is 16.2. The first kappa shape index (κ1) is 12.1. The molecule has 4 rings (SSSR count). The van der Waals surface area contributed by atoms with E-state index in [1.165, 1.54) is 0 Å². The highest BCUT2D eigenvalue weighted by Gasteiger charge is 2.35. The normalized spacial score (nSPS) is 14.3. The zero-order valence-corrected chi connectivity index (χ0v) is 11.4. The zero-order chi connectivity index (χ0) is 14.2. The van der Waals surface area contributed by atoms with Crippen LogP contribution in [0.3, 0.4) is 0 Å². The number of nitrogens with one attached hydrogen (secondary N) is 1. The average molecular weight is 278 g/mol. The number of fused-ring (bicyclic) bond motifs is 1. The summed E-state index contributed by atoms with van der Waals surface area (Å²) in [5.41, 5.74) is 2.62. The van der Waals surface area contributed by atoms with E-state index in [2.05, 4.69) is 15.2 Å². The standard InChI is InChI=1S/C16H14N4O/c21-16(11-3-4-11)20(14-2-1-7-17-10-14)13-5-6-15-12(8-13)9-18-19-15/h1-2,5-11H,3-4H2,(H,18,19). The van der Waals surface area contributed by atoms with Crippen molar-refractivity contribution in [3.8, 4) is 0 Å². The van der Waals surface area contributed by atoms with Crippen molar-refractivity contribution in [2.75, 3.05) is 4.90 Å². The van der Waals surface area contributed by atoms with Crippen LogP contribution in [0.1, 0.15) is 12.8 Å². The Labute approximate surface area is 121 Å². The number of hydrogen-bond donors (Lipinski definition) is 1. The largest absolute Gasteiger partial charge is 0.279 e. The van der Waals surface area contributed by atoms with Crippen molar-refractivity contribution in [3.63, 3.8) is 0 Å². The number of H-pyrrole nitrogens is 1. The van der Waals surface area contributed by atoms with E-state index in [0.29, 0.717) is 0 Å². The number of amides is 1. The fraction of sp³-hybridized carbons (Fsp3) is 0.188. The molecule has 104 valence electrons. The molecular weight excluding hydrogens is 264 g/mol. The molecule has 1 aliphatic rings. The van der Waals surface area contributed by atoms with Crippen molar-refractivity contribution in [1.82, 2.24) is 15.2 Å². The molecule has 1 saturated carbocycles. The Morgan fingerprint density at radius 3 is 2.86 bits per heavy atom. The monoisotopic (exact) mass is 278 g/mol. The lowest BCUT2D eigenvalue weighted by Gasteiger charge is -2.22. The van der Waals surface area contributed by atoms with Gasteiger partial charge in [-0.3, -0.25) is 19.8 Å². The van der Waals surface area contributed by atoms with Crippen LogP contribution in [-0.4, -0.2) is 21.1 Å². The fourth-order valence-corrected chi connectivity index (χ4v) is 2.47. The molecular formula is C16H14N4O. The molecule has 3 aromatic rings. The zero-order valence-electron chi connectivity index (χ0n) is 11.4. The molecule has 2 heterocycles. The second-order valence-corrected chi connectivity index (χ2v) is 5.30. The number of benzene rings is 1. The summed E-state index contributed by atoms with van der Waals surface area (Å²) >= 11 is 0. The fourth-order valence-electron chi connectivity index (χ4n) is 2.47. The van der Waals surface area contributed by atoms with Crippen LogP contribution in [0.15, 0.2) is 48.9 Å². The molecule has 21 heavy (non-hydrogen) atoms. The van der Waals surface area contributed by atoms with E-state index in [0.717, 1.165) is 35.1 Å². The lowest BCUT2D eigenvalue weighted by molar-refractivity contribution is -0.119. The number of aromatic nitrogens is 3. The van der Waals surface area contributed by atoms with Gasteiger partial charge >= 0.3 is 0 Å². The summed E-state index contributed by atoms with van der Waals surface area (Å²) in [5.74, 6) is 0.288. The molecule has 0 atom stereocenters. The summed E-state index contributed by atoms with van der Waals surface area (Å²) in [4.78, 5) is 18.5. The molecule has 5 nitrogen and oxygen atoms in total.